The Bertz CT molecular complexity index is 947. The molecule has 0 radical (unpaired) electrons. The monoisotopic (exact) mass is 376 g/mol. The number of fused-ring (bicyclic) bond motifs is 2. The zero-order valence-electron chi connectivity index (χ0n) is 15.5. The van der Waals surface area contributed by atoms with Gasteiger partial charge in [-0.15, -0.1) is 0 Å². The van der Waals surface area contributed by atoms with Gasteiger partial charge in [0, 0.05) is 5.57 Å². The van der Waals surface area contributed by atoms with E-state index in [9.17, 15) is 14.7 Å². The van der Waals surface area contributed by atoms with E-state index in [2.05, 4.69) is 28.4 Å². The van der Waals surface area contributed by atoms with Crippen LogP contribution in [0.3, 0.4) is 0 Å². The zero-order valence-corrected chi connectivity index (χ0v) is 15.5. The Kier molecular flexibility index (Phi) is 6.11. The Hall–Kier alpha value is -3.12. The Morgan fingerprint density at radius 2 is 1.93 bits per heavy atom. The van der Waals surface area contributed by atoms with Crippen molar-refractivity contribution in [2.45, 2.75) is 37.6 Å². The van der Waals surface area contributed by atoms with E-state index in [1.165, 1.54) is 13.2 Å². The van der Waals surface area contributed by atoms with E-state index >= 15 is 0 Å². The number of methoxy groups -OCH3 is 1. The van der Waals surface area contributed by atoms with Gasteiger partial charge in [-0.3, -0.25) is 9.59 Å². The number of allylic oxidation sites excluding steroid dienone is 3. The zero-order chi connectivity index (χ0) is 20.0. The van der Waals surface area contributed by atoms with E-state index in [1.54, 1.807) is 12.2 Å². The maximum atomic E-state index is 12.7. The first-order valence-electron chi connectivity index (χ1n) is 8.94. The number of carbonyl (C=O) groups is 2. The van der Waals surface area contributed by atoms with Crippen molar-refractivity contribution in [1.82, 2.24) is 0 Å². The molecule has 3 rings (SSSR count). The summed E-state index contributed by atoms with van der Waals surface area (Å²) >= 11 is 0. The molecule has 2 atom stereocenters. The largest absolute Gasteiger partial charge is 0.469 e. The van der Waals surface area contributed by atoms with Crippen LogP contribution in [0.4, 0.5) is 0 Å². The van der Waals surface area contributed by atoms with E-state index in [0.29, 0.717) is 12.0 Å². The molecule has 0 aliphatic heterocycles. The van der Waals surface area contributed by atoms with Gasteiger partial charge in [-0.25, -0.2) is 0 Å². The summed E-state index contributed by atoms with van der Waals surface area (Å²) < 4.78 is 10.6. The van der Waals surface area contributed by atoms with Crippen molar-refractivity contribution in [3.8, 4) is 23.7 Å². The summed E-state index contributed by atoms with van der Waals surface area (Å²) in [5.41, 5.74) is 0.369. The number of aliphatic hydroxyl groups is 1. The van der Waals surface area contributed by atoms with Gasteiger partial charge >= 0.3 is 5.97 Å². The second-order valence-corrected chi connectivity index (χ2v) is 6.54. The van der Waals surface area contributed by atoms with E-state index in [0.717, 1.165) is 11.1 Å². The van der Waals surface area contributed by atoms with Crippen molar-refractivity contribution in [1.29, 1.82) is 0 Å². The van der Waals surface area contributed by atoms with Crippen LogP contribution in [0, 0.1) is 23.7 Å². The molecule has 0 saturated heterocycles. The molecular formula is C23H20O5. The van der Waals surface area contributed by atoms with Gasteiger partial charge in [0.05, 0.1) is 20.1 Å². The van der Waals surface area contributed by atoms with Crippen molar-refractivity contribution in [3.05, 3.63) is 59.2 Å². The highest BCUT2D eigenvalue weighted by atomic mass is 16.5. The highest BCUT2D eigenvalue weighted by molar-refractivity contribution is 6.06. The molecule has 0 saturated carbocycles. The highest BCUT2D eigenvalue weighted by Crippen LogP contribution is 2.28. The van der Waals surface area contributed by atoms with Crippen molar-refractivity contribution in [2.75, 3.05) is 7.11 Å². The molecule has 0 fully saturated rings. The van der Waals surface area contributed by atoms with Crippen LogP contribution >= 0.6 is 0 Å². The van der Waals surface area contributed by atoms with Gasteiger partial charge in [0.1, 0.15) is 6.10 Å². The van der Waals surface area contributed by atoms with Crippen LogP contribution in [0.5, 0.6) is 0 Å². The molecule has 2 bridgehead atoms. The van der Waals surface area contributed by atoms with Crippen LogP contribution in [0.2, 0.25) is 0 Å². The number of carbonyl (C=O) groups excluding carboxylic acids is 2. The summed E-state index contributed by atoms with van der Waals surface area (Å²) in [7, 11) is 1.36. The van der Waals surface area contributed by atoms with Crippen LogP contribution in [-0.2, 0) is 32.1 Å². The van der Waals surface area contributed by atoms with Crippen molar-refractivity contribution < 1.29 is 24.2 Å². The third-order valence-corrected chi connectivity index (χ3v) is 4.55. The van der Waals surface area contributed by atoms with E-state index in [4.69, 9.17) is 4.74 Å². The fourth-order valence-electron chi connectivity index (χ4n) is 2.98. The molecule has 5 heteroatoms. The molecule has 142 valence electrons. The summed E-state index contributed by atoms with van der Waals surface area (Å²) in [6.45, 7) is 0.232. The normalized spacial score (nSPS) is 24.0. The molecule has 5 nitrogen and oxygen atoms in total. The number of ketones is 1. The van der Waals surface area contributed by atoms with Gasteiger partial charge in [0.2, 0.25) is 5.78 Å². The van der Waals surface area contributed by atoms with Crippen LogP contribution < -0.4 is 0 Å². The van der Waals surface area contributed by atoms with Crippen molar-refractivity contribution in [3.63, 3.8) is 0 Å². The first-order valence-corrected chi connectivity index (χ1v) is 8.94. The van der Waals surface area contributed by atoms with Gasteiger partial charge in [-0.05, 0) is 36.1 Å². The van der Waals surface area contributed by atoms with E-state index < -0.39 is 17.5 Å². The lowest BCUT2D eigenvalue weighted by Gasteiger charge is -2.28. The first-order chi connectivity index (χ1) is 13.5. The second-order valence-electron chi connectivity index (χ2n) is 6.54. The lowest BCUT2D eigenvalue weighted by molar-refractivity contribution is -0.139. The van der Waals surface area contributed by atoms with Crippen LogP contribution in [0.15, 0.2) is 48.1 Å². The average molecular weight is 376 g/mol. The Morgan fingerprint density at radius 3 is 2.68 bits per heavy atom. The standard InChI is InChI=1S/C23H20O5/c1-27-21(24)15-17-9-11-18(12-10-17)16-28-20-8-4-2-3-5-13-23(26)14-6-7-19(20)22(23)25/h2-3,7,9-12,20,26H,6,14-16H2,1H3/b3-2+. The Labute approximate surface area is 164 Å². The summed E-state index contributed by atoms with van der Waals surface area (Å²) in [4.78, 5) is 24.1. The third-order valence-electron chi connectivity index (χ3n) is 4.55. The number of rotatable bonds is 5. The smallest absolute Gasteiger partial charge is 0.309 e. The number of ether oxygens (including phenoxy) is 2. The lowest BCUT2D eigenvalue weighted by atomic mass is 9.81. The molecule has 0 amide bonds. The van der Waals surface area contributed by atoms with Crippen LogP contribution in [0.1, 0.15) is 24.0 Å². The minimum atomic E-state index is -1.69. The summed E-state index contributed by atoms with van der Waals surface area (Å²) in [6, 6.07) is 7.36. The van der Waals surface area contributed by atoms with Crippen LogP contribution in [-0.4, -0.2) is 35.7 Å². The summed E-state index contributed by atoms with van der Waals surface area (Å²) in [6.07, 6.45) is 5.09. The lowest BCUT2D eigenvalue weighted by Crippen LogP contribution is -2.43. The number of esters is 1. The van der Waals surface area contributed by atoms with E-state index in [-0.39, 0.29) is 25.4 Å². The average Bonchev–Trinajstić information content (AvgIpc) is 2.69. The van der Waals surface area contributed by atoms with Gasteiger partial charge in [-0.1, -0.05) is 54.0 Å². The predicted molar refractivity (Wildman–Crippen MR) is 103 cm³/mol. The van der Waals surface area contributed by atoms with E-state index in [1.807, 2.05) is 24.3 Å². The van der Waals surface area contributed by atoms with Crippen LogP contribution in [0.25, 0.3) is 0 Å². The number of benzene rings is 1. The molecular weight excluding hydrogens is 356 g/mol. The van der Waals surface area contributed by atoms with Gasteiger partial charge < -0.3 is 14.6 Å². The fourth-order valence-corrected chi connectivity index (χ4v) is 2.98. The topological polar surface area (TPSA) is 72.8 Å². The number of hydrogen-bond donors (Lipinski definition) is 1. The maximum absolute atomic E-state index is 12.7. The Balaban J connectivity index is 1.74. The fraction of sp³-hybridized carbons (Fsp3) is 0.304. The molecule has 0 spiro atoms. The number of hydrogen-bond acceptors (Lipinski definition) is 5. The third kappa shape index (κ3) is 4.58. The number of Topliss-reactive ketones (excluding diaryl/α,β-unsaturated/α-hetero) is 1. The van der Waals surface area contributed by atoms with Crippen molar-refractivity contribution in [2.24, 2.45) is 0 Å². The molecule has 2 aliphatic rings. The molecule has 2 aliphatic carbocycles. The minimum Gasteiger partial charge on any atom is -0.469 e. The molecule has 28 heavy (non-hydrogen) atoms. The highest BCUT2D eigenvalue weighted by Gasteiger charge is 2.40. The quantitative estimate of drug-likeness (QED) is 0.628. The molecule has 1 N–H and O–H groups in total. The molecule has 0 heterocycles. The molecule has 2 unspecified atom stereocenters. The molecule has 0 aromatic heterocycles. The Morgan fingerprint density at radius 1 is 1.21 bits per heavy atom. The maximum Gasteiger partial charge on any atom is 0.309 e. The summed E-state index contributed by atoms with van der Waals surface area (Å²) in [5, 5.41) is 10.6. The second kappa shape index (κ2) is 8.71. The SMILES string of the molecule is COC(=O)Cc1ccc(COC2C#C/C=C/C#CC3(O)CCC=C2C3=O)cc1. The van der Waals surface area contributed by atoms with Crippen molar-refractivity contribution >= 4 is 11.8 Å². The summed E-state index contributed by atoms with van der Waals surface area (Å²) in [5.74, 6) is 10.3. The molecule has 1 aromatic rings. The van der Waals surface area contributed by atoms with Gasteiger partial charge in [0.15, 0.2) is 5.60 Å². The van der Waals surface area contributed by atoms with Gasteiger partial charge in [0.25, 0.3) is 0 Å². The molecule has 1 aromatic carbocycles. The first kappa shape index (κ1) is 19.6. The minimum absolute atomic E-state index is 0.207. The predicted octanol–water partition coefficient (Wildman–Crippen LogP) is 1.88. The van der Waals surface area contributed by atoms with Gasteiger partial charge in [-0.2, -0.15) is 0 Å².